The van der Waals surface area contributed by atoms with E-state index in [1.807, 2.05) is 19.1 Å². The summed E-state index contributed by atoms with van der Waals surface area (Å²) >= 11 is 0. The minimum Gasteiger partial charge on any atom is -0.317 e. The summed E-state index contributed by atoms with van der Waals surface area (Å²) in [4.78, 5) is 27.2. The van der Waals surface area contributed by atoms with E-state index in [4.69, 9.17) is 0 Å². The average molecular weight is 282 g/mol. The summed E-state index contributed by atoms with van der Waals surface area (Å²) in [5.74, 6) is -1.61. The van der Waals surface area contributed by atoms with Crippen LogP contribution in [0.3, 0.4) is 0 Å². The van der Waals surface area contributed by atoms with E-state index in [1.165, 1.54) is 6.21 Å². The third-order valence-electron chi connectivity index (χ3n) is 2.66. The number of amides is 2. The highest BCUT2D eigenvalue weighted by molar-refractivity contribution is 6.39. The molecule has 0 bridgehead atoms. The van der Waals surface area contributed by atoms with Crippen LogP contribution in [0.25, 0.3) is 0 Å². The van der Waals surface area contributed by atoms with Crippen molar-refractivity contribution in [2.45, 2.75) is 6.92 Å². The van der Waals surface area contributed by atoms with Crippen molar-refractivity contribution in [3.63, 3.8) is 0 Å². The molecule has 0 radical (unpaired) electrons. The second kappa shape index (κ2) is 6.95. The molecule has 0 atom stereocenters. The molecule has 21 heavy (non-hydrogen) atoms. The molecule has 1 aromatic carbocycles. The van der Waals surface area contributed by atoms with Crippen molar-refractivity contribution >= 4 is 23.7 Å². The van der Waals surface area contributed by atoms with Crippen LogP contribution in [-0.2, 0) is 9.59 Å². The predicted octanol–water partition coefficient (Wildman–Crippen LogP) is 1.48. The van der Waals surface area contributed by atoms with Crippen molar-refractivity contribution in [2.24, 2.45) is 5.10 Å². The van der Waals surface area contributed by atoms with E-state index in [0.717, 1.165) is 11.1 Å². The van der Waals surface area contributed by atoms with Crippen molar-refractivity contribution in [3.8, 4) is 0 Å². The Hall–Kier alpha value is -3.02. The zero-order valence-electron chi connectivity index (χ0n) is 11.4. The van der Waals surface area contributed by atoms with E-state index in [2.05, 4.69) is 20.8 Å². The van der Waals surface area contributed by atoms with Crippen LogP contribution in [0, 0.1) is 6.92 Å². The molecule has 0 unspecified atom stereocenters. The van der Waals surface area contributed by atoms with Crippen LogP contribution in [0.15, 0.2) is 53.9 Å². The van der Waals surface area contributed by atoms with Crippen LogP contribution in [0.4, 0.5) is 5.69 Å². The predicted molar refractivity (Wildman–Crippen MR) is 79.8 cm³/mol. The Kier molecular flexibility index (Phi) is 4.76. The zero-order valence-corrected chi connectivity index (χ0v) is 11.4. The average Bonchev–Trinajstić information content (AvgIpc) is 2.50. The minimum absolute atomic E-state index is 0.592. The Morgan fingerprint density at radius 1 is 1.14 bits per heavy atom. The molecular formula is C15H14N4O2. The number of nitrogens with one attached hydrogen (secondary N) is 2. The van der Waals surface area contributed by atoms with Crippen molar-refractivity contribution in [2.75, 3.05) is 5.32 Å². The van der Waals surface area contributed by atoms with Gasteiger partial charge in [0.2, 0.25) is 0 Å². The number of anilines is 1. The molecule has 1 aromatic heterocycles. The summed E-state index contributed by atoms with van der Waals surface area (Å²) in [6.07, 6.45) is 4.63. The number of hydrogen-bond acceptors (Lipinski definition) is 4. The van der Waals surface area contributed by atoms with Crippen LogP contribution < -0.4 is 10.7 Å². The zero-order chi connectivity index (χ0) is 15.1. The highest BCUT2D eigenvalue weighted by atomic mass is 16.2. The summed E-state index contributed by atoms with van der Waals surface area (Å²) in [5, 5.41) is 6.22. The van der Waals surface area contributed by atoms with Crippen LogP contribution >= 0.6 is 0 Å². The first-order chi connectivity index (χ1) is 10.2. The van der Waals surface area contributed by atoms with Gasteiger partial charge in [0.25, 0.3) is 0 Å². The standard InChI is InChI=1S/C15H14N4O2/c1-11-5-2-3-7-13(11)18-14(20)15(21)19-17-10-12-6-4-8-16-9-12/h2-10H,1H3,(H,18,20)(H,19,21)/b17-10+. The third-order valence-corrected chi connectivity index (χ3v) is 2.66. The Balaban J connectivity index is 1.90. The summed E-state index contributed by atoms with van der Waals surface area (Å²) < 4.78 is 0. The van der Waals surface area contributed by atoms with Gasteiger partial charge in [-0.3, -0.25) is 14.6 Å². The Labute approximate surface area is 121 Å². The van der Waals surface area contributed by atoms with Gasteiger partial charge in [-0.05, 0) is 24.6 Å². The van der Waals surface area contributed by atoms with E-state index in [9.17, 15) is 9.59 Å². The number of hydrazone groups is 1. The summed E-state index contributed by atoms with van der Waals surface area (Å²) in [6.45, 7) is 1.84. The first kappa shape index (κ1) is 14.4. The molecule has 0 fully saturated rings. The summed E-state index contributed by atoms with van der Waals surface area (Å²) in [7, 11) is 0. The smallest absolute Gasteiger partial charge is 0.317 e. The van der Waals surface area contributed by atoms with Crippen molar-refractivity contribution in [3.05, 3.63) is 59.9 Å². The highest BCUT2D eigenvalue weighted by Gasteiger charge is 2.13. The van der Waals surface area contributed by atoms with Crippen molar-refractivity contribution in [1.82, 2.24) is 10.4 Å². The maximum atomic E-state index is 11.7. The van der Waals surface area contributed by atoms with Crippen LogP contribution in [0.2, 0.25) is 0 Å². The molecule has 0 saturated heterocycles. The molecule has 1 heterocycles. The number of hydrogen-bond donors (Lipinski definition) is 2. The number of aromatic nitrogens is 1. The van der Waals surface area contributed by atoms with Gasteiger partial charge in [0.05, 0.1) is 6.21 Å². The van der Waals surface area contributed by atoms with Gasteiger partial charge in [-0.2, -0.15) is 5.10 Å². The highest BCUT2D eigenvalue weighted by Crippen LogP contribution is 2.12. The number of carbonyl (C=O) groups excluding carboxylic acids is 2. The van der Waals surface area contributed by atoms with Gasteiger partial charge in [-0.1, -0.05) is 24.3 Å². The van der Waals surface area contributed by atoms with Gasteiger partial charge >= 0.3 is 11.8 Å². The maximum absolute atomic E-state index is 11.7. The van der Waals surface area contributed by atoms with E-state index >= 15 is 0 Å². The number of aryl methyl sites for hydroxylation is 1. The molecular weight excluding hydrogens is 268 g/mol. The lowest BCUT2D eigenvalue weighted by Crippen LogP contribution is -2.32. The number of pyridine rings is 1. The SMILES string of the molecule is Cc1ccccc1NC(=O)C(=O)N/N=C/c1cccnc1. The van der Waals surface area contributed by atoms with E-state index in [0.29, 0.717) is 5.69 Å². The molecule has 2 rings (SSSR count). The Morgan fingerprint density at radius 2 is 1.95 bits per heavy atom. The number of carbonyl (C=O) groups is 2. The van der Waals surface area contributed by atoms with E-state index < -0.39 is 11.8 Å². The summed E-state index contributed by atoms with van der Waals surface area (Å²) in [5.41, 5.74) is 4.35. The van der Waals surface area contributed by atoms with Crippen LogP contribution in [-0.4, -0.2) is 23.0 Å². The van der Waals surface area contributed by atoms with Crippen LogP contribution in [0.5, 0.6) is 0 Å². The quantitative estimate of drug-likeness (QED) is 0.508. The van der Waals surface area contributed by atoms with Crippen LogP contribution in [0.1, 0.15) is 11.1 Å². The molecule has 2 aromatic rings. The number of rotatable bonds is 3. The fourth-order valence-electron chi connectivity index (χ4n) is 1.56. The van der Waals surface area contributed by atoms with Gasteiger partial charge in [0.15, 0.2) is 0 Å². The lowest BCUT2D eigenvalue weighted by molar-refractivity contribution is -0.136. The van der Waals surface area contributed by atoms with Gasteiger partial charge in [-0.25, -0.2) is 5.43 Å². The molecule has 0 aliphatic heterocycles. The Bertz CT molecular complexity index is 668. The molecule has 0 aliphatic carbocycles. The molecule has 106 valence electrons. The Morgan fingerprint density at radius 3 is 2.67 bits per heavy atom. The lowest BCUT2D eigenvalue weighted by atomic mass is 10.2. The fraction of sp³-hybridized carbons (Fsp3) is 0.0667. The molecule has 0 aliphatic rings. The number of nitrogens with zero attached hydrogens (tertiary/aromatic N) is 2. The summed E-state index contributed by atoms with van der Waals surface area (Å²) in [6, 6.07) is 10.7. The van der Waals surface area contributed by atoms with Gasteiger partial charge < -0.3 is 5.32 Å². The minimum atomic E-state index is -0.835. The molecule has 0 spiro atoms. The fourth-order valence-corrected chi connectivity index (χ4v) is 1.56. The first-order valence-electron chi connectivity index (χ1n) is 6.27. The molecule has 2 N–H and O–H groups in total. The molecule has 6 heteroatoms. The lowest BCUT2D eigenvalue weighted by Gasteiger charge is -2.06. The maximum Gasteiger partial charge on any atom is 0.329 e. The molecule has 2 amide bonds. The number of benzene rings is 1. The first-order valence-corrected chi connectivity index (χ1v) is 6.27. The van der Waals surface area contributed by atoms with Crippen molar-refractivity contribution in [1.29, 1.82) is 0 Å². The van der Waals surface area contributed by atoms with Gasteiger partial charge in [0.1, 0.15) is 0 Å². The van der Waals surface area contributed by atoms with Gasteiger partial charge in [-0.15, -0.1) is 0 Å². The van der Waals surface area contributed by atoms with Gasteiger partial charge in [0, 0.05) is 23.6 Å². The molecule has 0 saturated carbocycles. The van der Waals surface area contributed by atoms with E-state index in [-0.39, 0.29) is 0 Å². The normalized spacial score (nSPS) is 10.3. The van der Waals surface area contributed by atoms with Crippen molar-refractivity contribution < 1.29 is 9.59 Å². The second-order valence-electron chi connectivity index (χ2n) is 4.25. The number of para-hydroxylation sites is 1. The third kappa shape index (κ3) is 4.24. The monoisotopic (exact) mass is 282 g/mol. The largest absolute Gasteiger partial charge is 0.329 e. The topological polar surface area (TPSA) is 83.5 Å². The van der Waals surface area contributed by atoms with E-state index in [1.54, 1.807) is 36.7 Å². The molecule has 6 nitrogen and oxygen atoms in total. The second-order valence-corrected chi connectivity index (χ2v) is 4.25.